The standard InChI is InChI=1S/C14H27NO/c1-11(2)12(15-5)14(16-6)9-7-13(3,4)8-10-14/h12,15H,1,7-10H2,2-6H3. The molecule has 94 valence electrons. The molecule has 2 heteroatoms. The summed E-state index contributed by atoms with van der Waals surface area (Å²) in [4.78, 5) is 0. The van der Waals surface area contributed by atoms with Crippen molar-refractivity contribution in [2.75, 3.05) is 14.2 Å². The van der Waals surface area contributed by atoms with Crippen molar-refractivity contribution >= 4 is 0 Å². The van der Waals surface area contributed by atoms with E-state index in [1.807, 2.05) is 14.2 Å². The second-order valence-electron chi connectivity index (χ2n) is 6.00. The molecule has 1 aliphatic carbocycles. The van der Waals surface area contributed by atoms with Crippen LogP contribution in [-0.4, -0.2) is 25.8 Å². The quantitative estimate of drug-likeness (QED) is 0.742. The molecule has 2 nitrogen and oxygen atoms in total. The zero-order chi connectivity index (χ0) is 12.4. The lowest BCUT2D eigenvalue weighted by molar-refractivity contribution is -0.0769. The fourth-order valence-electron chi connectivity index (χ4n) is 2.92. The normalized spacial score (nSPS) is 25.1. The molecule has 1 unspecified atom stereocenters. The van der Waals surface area contributed by atoms with Crippen LogP contribution >= 0.6 is 0 Å². The molecular weight excluding hydrogens is 198 g/mol. The zero-order valence-corrected chi connectivity index (χ0v) is 11.5. The summed E-state index contributed by atoms with van der Waals surface area (Å²) in [5.41, 5.74) is 1.59. The maximum atomic E-state index is 5.86. The van der Waals surface area contributed by atoms with Crippen molar-refractivity contribution < 1.29 is 4.74 Å². The third-order valence-corrected chi connectivity index (χ3v) is 4.16. The molecule has 0 aromatic carbocycles. The van der Waals surface area contributed by atoms with E-state index in [0.717, 1.165) is 12.8 Å². The van der Waals surface area contributed by atoms with Gasteiger partial charge >= 0.3 is 0 Å². The maximum absolute atomic E-state index is 5.86. The Morgan fingerprint density at radius 1 is 1.25 bits per heavy atom. The molecule has 0 aromatic heterocycles. The lowest BCUT2D eigenvalue weighted by Crippen LogP contribution is -2.54. The summed E-state index contributed by atoms with van der Waals surface area (Å²) in [5, 5.41) is 3.37. The molecule has 1 aliphatic rings. The molecule has 0 amide bonds. The van der Waals surface area contributed by atoms with Crippen molar-refractivity contribution in [3.05, 3.63) is 12.2 Å². The largest absolute Gasteiger partial charge is 0.376 e. The molecule has 0 radical (unpaired) electrons. The minimum absolute atomic E-state index is 0.0455. The predicted molar refractivity (Wildman–Crippen MR) is 69.7 cm³/mol. The predicted octanol–water partition coefficient (Wildman–Crippen LogP) is 3.14. The van der Waals surface area contributed by atoms with Crippen LogP contribution < -0.4 is 5.32 Å². The first-order chi connectivity index (χ1) is 7.37. The second kappa shape index (κ2) is 4.89. The number of hydrogen-bond donors (Lipinski definition) is 1. The lowest BCUT2D eigenvalue weighted by Gasteiger charge is -2.47. The van der Waals surface area contributed by atoms with E-state index in [-0.39, 0.29) is 11.6 Å². The summed E-state index contributed by atoms with van der Waals surface area (Å²) in [5.74, 6) is 0. The number of methoxy groups -OCH3 is 1. The Labute approximate surface area is 100 Å². The average molecular weight is 225 g/mol. The number of ether oxygens (including phenoxy) is 1. The van der Waals surface area contributed by atoms with E-state index in [9.17, 15) is 0 Å². The summed E-state index contributed by atoms with van der Waals surface area (Å²) >= 11 is 0. The van der Waals surface area contributed by atoms with Crippen molar-refractivity contribution in [3.8, 4) is 0 Å². The summed E-state index contributed by atoms with van der Waals surface area (Å²) in [6, 6.07) is 0.272. The topological polar surface area (TPSA) is 21.3 Å². The smallest absolute Gasteiger partial charge is 0.0869 e. The molecular formula is C14H27NO. The van der Waals surface area contributed by atoms with E-state index in [4.69, 9.17) is 4.74 Å². The van der Waals surface area contributed by atoms with Crippen molar-refractivity contribution in [2.24, 2.45) is 5.41 Å². The lowest BCUT2D eigenvalue weighted by atomic mass is 9.67. The number of hydrogen-bond acceptors (Lipinski definition) is 2. The van der Waals surface area contributed by atoms with Crippen LogP contribution in [0.1, 0.15) is 46.5 Å². The maximum Gasteiger partial charge on any atom is 0.0869 e. The van der Waals surface area contributed by atoms with Gasteiger partial charge in [0.05, 0.1) is 11.6 Å². The Hall–Kier alpha value is -0.340. The molecule has 16 heavy (non-hydrogen) atoms. The Bertz CT molecular complexity index is 247. The van der Waals surface area contributed by atoms with E-state index in [2.05, 4.69) is 32.7 Å². The van der Waals surface area contributed by atoms with Crippen LogP contribution in [0.3, 0.4) is 0 Å². The van der Waals surface area contributed by atoms with Crippen molar-refractivity contribution in [2.45, 2.75) is 58.1 Å². The third-order valence-electron chi connectivity index (χ3n) is 4.16. The fraction of sp³-hybridized carbons (Fsp3) is 0.857. The third kappa shape index (κ3) is 2.67. The highest BCUT2D eigenvalue weighted by molar-refractivity contribution is 5.13. The summed E-state index contributed by atoms with van der Waals surface area (Å²) in [6.45, 7) is 10.9. The molecule has 0 heterocycles. The Morgan fingerprint density at radius 3 is 2.06 bits per heavy atom. The molecule has 1 atom stereocenters. The van der Waals surface area contributed by atoms with Gasteiger partial charge in [0.25, 0.3) is 0 Å². The Balaban J connectivity index is 2.83. The van der Waals surface area contributed by atoms with E-state index in [1.54, 1.807) is 0 Å². The van der Waals surface area contributed by atoms with Crippen molar-refractivity contribution in [3.63, 3.8) is 0 Å². The van der Waals surface area contributed by atoms with Crippen LogP contribution in [-0.2, 0) is 4.74 Å². The summed E-state index contributed by atoms with van der Waals surface area (Å²) < 4.78 is 5.86. The van der Waals surface area contributed by atoms with Crippen LogP contribution in [0.25, 0.3) is 0 Å². The molecule has 0 aromatic rings. The van der Waals surface area contributed by atoms with Gasteiger partial charge in [0, 0.05) is 7.11 Å². The highest BCUT2D eigenvalue weighted by atomic mass is 16.5. The first-order valence-electron chi connectivity index (χ1n) is 6.25. The van der Waals surface area contributed by atoms with Gasteiger partial charge in [-0.25, -0.2) is 0 Å². The SMILES string of the molecule is C=C(C)C(NC)C1(OC)CCC(C)(C)CC1. The molecule has 1 fully saturated rings. The van der Waals surface area contributed by atoms with Crippen molar-refractivity contribution in [1.29, 1.82) is 0 Å². The first-order valence-corrected chi connectivity index (χ1v) is 6.25. The minimum atomic E-state index is -0.0455. The zero-order valence-electron chi connectivity index (χ0n) is 11.5. The van der Waals surface area contributed by atoms with Gasteiger partial charge in [-0.3, -0.25) is 0 Å². The highest BCUT2D eigenvalue weighted by Crippen LogP contribution is 2.44. The first kappa shape index (κ1) is 13.7. The van der Waals surface area contributed by atoms with E-state index < -0.39 is 0 Å². The minimum Gasteiger partial charge on any atom is -0.376 e. The Morgan fingerprint density at radius 2 is 1.75 bits per heavy atom. The Kier molecular flexibility index (Phi) is 4.19. The van der Waals surface area contributed by atoms with Crippen LogP contribution in [0.2, 0.25) is 0 Å². The van der Waals surface area contributed by atoms with Gasteiger partial charge in [-0.05, 0) is 45.1 Å². The monoisotopic (exact) mass is 225 g/mol. The number of rotatable bonds is 4. The molecule has 1 rings (SSSR count). The van der Waals surface area contributed by atoms with E-state index in [0.29, 0.717) is 5.41 Å². The molecule has 0 saturated heterocycles. The van der Waals surface area contributed by atoms with Crippen LogP contribution in [0.15, 0.2) is 12.2 Å². The number of nitrogens with one attached hydrogen (secondary N) is 1. The molecule has 1 saturated carbocycles. The van der Waals surface area contributed by atoms with Gasteiger partial charge in [0.2, 0.25) is 0 Å². The van der Waals surface area contributed by atoms with Crippen molar-refractivity contribution in [1.82, 2.24) is 5.32 Å². The van der Waals surface area contributed by atoms with Crippen LogP contribution in [0, 0.1) is 5.41 Å². The van der Waals surface area contributed by atoms with E-state index >= 15 is 0 Å². The van der Waals surface area contributed by atoms with Gasteiger partial charge in [-0.1, -0.05) is 26.0 Å². The molecule has 0 aliphatic heterocycles. The van der Waals surface area contributed by atoms with Crippen LogP contribution in [0.4, 0.5) is 0 Å². The average Bonchev–Trinajstić information content (AvgIpc) is 2.21. The second-order valence-corrected chi connectivity index (χ2v) is 6.00. The van der Waals surface area contributed by atoms with Gasteiger partial charge in [0.1, 0.15) is 0 Å². The van der Waals surface area contributed by atoms with Gasteiger partial charge in [0.15, 0.2) is 0 Å². The summed E-state index contributed by atoms with van der Waals surface area (Å²) in [6.07, 6.45) is 4.70. The number of likely N-dealkylation sites (N-methyl/N-ethyl adjacent to an activating group) is 1. The van der Waals surface area contributed by atoms with Gasteiger partial charge < -0.3 is 10.1 Å². The molecule has 0 spiro atoms. The van der Waals surface area contributed by atoms with Gasteiger partial charge in [-0.2, -0.15) is 0 Å². The van der Waals surface area contributed by atoms with Crippen LogP contribution in [0.5, 0.6) is 0 Å². The molecule has 1 N–H and O–H groups in total. The van der Waals surface area contributed by atoms with Gasteiger partial charge in [-0.15, -0.1) is 0 Å². The molecule has 0 bridgehead atoms. The van der Waals surface area contributed by atoms with E-state index in [1.165, 1.54) is 18.4 Å². The highest BCUT2D eigenvalue weighted by Gasteiger charge is 2.43. The fourth-order valence-corrected chi connectivity index (χ4v) is 2.92. The summed E-state index contributed by atoms with van der Waals surface area (Å²) in [7, 11) is 3.84.